The lowest BCUT2D eigenvalue weighted by molar-refractivity contribution is 0.103. The topological polar surface area (TPSA) is 101 Å². The molecule has 0 aliphatic carbocycles. The molecule has 0 bridgehead atoms. The van der Waals surface area contributed by atoms with E-state index in [-0.39, 0.29) is 5.91 Å². The highest BCUT2D eigenvalue weighted by molar-refractivity contribution is 7.12. The summed E-state index contributed by atoms with van der Waals surface area (Å²) < 4.78 is 2.02. The number of rotatable bonds is 5. The molecule has 0 aliphatic heterocycles. The molecule has 136 valence electrons. The first-order chi connectivity index (χ1) is 13.1. The number of hydrogen-bond donors (Lipinski definition) is 2. The van der Waals surface area contributed by atoms with Crippen LogP contribution in [0.25, 0.3) is 5.69 Å². The van der Waals surface area contributed by atoms with Crippen LogP contribution in [0.2, 0.25) is 0 Å². The highest BCUT2D eigenvalue weighted by Crippen LogP contribution is 2.22. The zero-order valence-corrected chi connectivity index (χ0v) is 15.6. The van der Waals surface area contributed by atoms with Crippen molar-refractivity contribution in [2.24, 2.45) is 0 Å². The average molecular weight is 379 g/mol. The van der Waals surface area contributed by atoms with Gasteiger partial charge in [-0.05, 0) is 55.1 Å². The van der Waals surface area contributed by atoms with Gasteiger partial charge in [-0.15, -0.1) is 21.5 Å². The van der Waals surface area contributed by atoms with E-state index < -0.39 is 0 Å². The van der Waals surface area contributed by atoms with Gasteiger partial charge in [0.2, 0.25) is 0 Å². The lowest BCUT2D eigenvalue weighted by Gasteiger charge is -2.09. The minimum atomic E-state index is -0.147. The number of amides is 1. The molecule has 4 rings (SSSR count). The molecule has 0 saturated heterocycles. The molecule has 27 heavy (non-hydrogen) atoms. The van der Waals surface area contributed by atoms with Gasteiger partial charge >= 0.3 is 0 Å². The molecule has 0 aliphatic rings. The van der Waals surface area contributed by atoms with Crippen LogP contribution >= 0.6 is 11.3 Å². The molecule has 0 radical (unpaired) electrons. The molecule has 1 amide bonds. The molecule has 0 fully saturated rings. The Bertz CT molecular complexity index is 1060. The third-order valence-electron chi connectivity index (χ3n) is 4.35. The number of nitrogens with zero attached hydrogens (tertiary/aromatic N) is 5. The fraction of sp³-hybridized carbons (Fsp3) is 0.167. The first kappa shape index (κ1) is 17.1. The Hall–Kier alpha value is -3.33. The Labute approximate surface area is 159 Å². The number of anilines is 1. The van der Waals surface area contributed by atoms with Gasteiger partial charge in [-0.3, -0.25) is 4.79 Å². The number of aromatic nitrogens is 6. The van der Waals surface area contributed by atoms with E-state index >= 15 is 0 Å². The summed E-state index contributed by atoms with van der Waals surface area (Å²) in [6, 6.07) is 9.59. The summed E-state index contributed by atoms with van der Waals surface area (Å²) in [5, 5.41) is 18.7. The first-order valence-electron chi connectivity index (χ1n) is 8.33. The fourth-order valence-corrected chi connectivity index (χ4v) is 3.57. The maximum Gasteiger partial charge on any atom is 0.266 e. The van der Waals surface area contributed by atoms with Gasteiger partial charge in [-0.25, -0.2) is 4.98 Å². The quantitative estimate of drug-likeness (QED) is 0.555. The number of carbonyl (C=O) groups excluding carboxylic acids is 1. The van der Waals surface area contributed by atoms with Gasteiger partial charge in [0, 0.05) is 23.5 Å². The second-order valence-electron chi connectivity index (χ2n) is 6.07. The molecule has 9 heteroatoms. The fourth-order valence-electron chi connectivity index (χ4n) is 2.75. The van der Waals surface area contributed by atoms with Crippen molar-refractivity contribution in [3.8, 4) is 5.69 Å². The maximum absolute atomic E-state index is 12.7. The van der Waals surface area contributed by atoms with E-state index in [1.807, 2.05) is 54.1 Å². The van der Waals surface area contributed by atoms with Crippen molar-refractivity contribution in [2.75, 3.05) is 5.32 Å². The number of imidazole rings is 1. The van der Waals surface area contributed by atoms with E-state index in [1.54, 1.807) is 6.33 Å². The van der Waals surface area contributed by atoms with Crippen molar-refractivity contribution in [3.05, 3.63) is 69.7 Å². The number of tetrazole rings is 1. The Kier molecular flexibility index (Phi) is 4.51. The number of aryl methyl sites for hydroxylation is 1. The van der Waals surface area contributed by atoms with Crippen LogP contribution < -0.4 is 5.32 Å². The van der Waals surface area contributed by atoms with Crippen LogP contribution in [0.3, 0.4) is 0 Å². The Morgan fingerprint density at radius 3 is 2.70 bits per heavy atom. The summed E-state index contributed by atoms with van der Waals surface area (Å²) in [7, 11) is 0. The van der Waals surface area contributed by atoms with Gasteiger partial charge < -0.3 is 9.88 Å². The van der Waals surface area contributed by atoms with Gasteiger partial charge in [-0.2, -0.15) is 5.21 Å². The third kappa shape index (κ3) is 3.49. The van der Waals surface area contributed by atoms with E-state index in [0.717, 1.165) is 28.3 Å². The number of carbonyl (C=O) groups is 1. The van der Waals surface area contributed by atoms with Crippen LogP contribution in [0.1, 0.15) is 32.4 Å². The summed E-state index contributed by atoms with van der Waals surface area (Å²) in [4.78, 5) is 17.6. The number of benzene rings is 1. The van der Waals surface area contributed by atoms with Crippen molar-refractivity contribution in [1.82, 2.24) is 30.2 Å². The maximum atomic E-state index is 12.7. The Morgan fingerprint density at radius 1 is 1.22 bits per heavy atom. The van der Waals surface area contributed by atoms with Crippen LogP contribution in [0, 0.1) is 13.8 Å². The molecule has 1 aromatic carbocycles. The number of hydrogen-bond acceptors (Lipinski definition) is 6. The normalized spacial score (nSPS) is 10.9. The van der Waals surface area contributed by atoms with Gasteiger partial charge in [-0.1, -0.05) is 5.21 Å². The summed E-state index contributed by atoms with van der Waals surface area (Å²) in [6.07, 6.45) is 2.26. The minimum Gasteiger partial charge on any atom is -0.321 e. The second-order valence-corrected chi connectivity index (χ2v) is 6.98. The van der Waals surface area contributed by atoms with Crippen molar-refractivity contribution >= 4 is 22.9 Å². The van der Waals surface area contributed by atoms with E-state index in [1.165, 1.54) is 11.3 Å². The second kappa shape index (κ2) is 7.12. The molecule has 8 nitrogen and oxygen atoms in total. The number of thiophene rings is 1. The summed E-state index contributed by atoms with van der Waals surface area (Å²) >= 11 is 1.39. The smallest absolute Gasteiger partial charge is 0.266 e. The highest BCUT2D eigenvalue weighted by atomic mass is 32.1. The Morgan fingerprint density at radius 2 is 2.04 bits per heavy atom. The van der Waals surface area contributed by atoms with Crippen LogP contribution in [0.15, 0.2) is 42.0 Å². The first-order valence-corrected chi connectivity index (χ1v) is 9.21. The summed E-state index contributed by atoms with van der Waals surface area (Å²) in [5.41, 5.74) is 4.70. The van der Waals surface area contributed by atoms with E-state index in [2.05, 4.69) is 30.9 Å². The largest absolute Gasteiger partial charge is 0.321 e. The predicted molar refractivity (Wildman–Crippen MR) is 102 cm³/mol. The zero-order valence-electron chi connectivity index (χ0n) is 14.8. The molecule has 2 N–H and O–H groups in total. The van der Waals surface area contributed by atoms with Gasteiger partial charge in [0.15, 0.2) is 5.82 Å². The van der Waals surface area contributed by atoms with E-state index in [9.17, 15) is 4.79 Å². The van der Waals surface area contributed by atoms with Crippen molar-refractivity contribution in [1.29, 1.82) is 0 Å². The van der Waals surface area contributed by atoms with Crippen LogP contribution in [-0.4, -0.2) is 36.1 Å². The molecule has 4 aromatic rings. The highest BCUT2D eigenvalue weighted by Gasteiger charge is 2.15. The molecule has 0 spiro atoms. The SMILES string of the molecule is Cc1ncn(-c2ccc(NC(=O)c3sccc3Cc3nn[nH]n3)cc2)c1C. The van der Waals surface area contributed by atoms with Crippen molar-refractivity contribution in [2.45, 2.75) is 20.3 Å². The third-order valence-corrected chi connectivity index (χ3v) is 5.30. The molecule has 0 unspecified atom stereocenters. The average Bonchev–Trinajstić information content (AvgIpc) is 3.40. The van der Waals surface area contributed by atoms with Crippen LogP contribution in [0.4, 0.5) is 5.69 Å². The molecule has 0 saturated carbocycles. The Balaban J connectivity index is 1.49. The van der Waals surface area contributed by atoms with E-state index in [4.69, 9.17) is 0 Å². The molecular weight excluding hydrogens is 362 g/mol. The van der Waals surface area contributed by atoms with Gasteiger partial charge in [0.1, 0.15) is 0 Å². The standard InChI is InChI=1S/C18H17N7OS/c1-11-12(2)25(10-19-11)15-5-3-14(4-6-15)20-18(26)17-13(7-8-27-17)9-16-21-23-24-22-16/h3-8,10H,9H2,1-2H3,(H,20,26)(H,21,22,23,24). The van der Waals surface area contributed by atoms with Gasteiger partial charge in [0.05, 0.1) is 16.9 Å². The zero-order chi connectivity index (χ0) is 18.8. The van der Waals surface area contributed by atoms with Crippen molar-refractivity contribution < 1.29 is 4.79 Å². The number of H-pyrrole nitrogens is 1. The molecule has 3 heterocycles. The van der Waals surface area contributed by atoms with Crippen LogP contribution in [0.5, 0.6) is 0 Å². The predicted octanol–water partition coefficient (Wildman–Crippen LogP) is 2.91. The lowest BCUT2D eigenvalue weighted by atomic mass is 10.1. The lowest BCUT2D eigenvalue weighted by Crippen LogP contribution is -2.12. The molecular formula is C18H17N7OS. The summed E-state index contributed by atoms with van der Waals surface area (Å²) in [5.74, 6) is 0.406. The van der Waals surface area contributed by atoms with Crippen molar-refractivity contribution in [3.63, 3.8) is 0 Å². The number of aromatic amines is 1. The minimum absolute atomic E-state index is 0.147. The van der Waals surface area contributed by atoms with Crippen LogP contribution in [-0.2, 0) is 6.42 Å². The molecule has 0 atom stereocenters. The summed E-state index contributed by atoms with van der Waals surface area (Å²) in [6.45, 7) is 4.01. The van der Waals surface area contributed by atoms with E-state index in [0.29, 0.717) is 17.1 Å². The monoisotopic (exact) mass is 379 g/mol. The number of nitrogens with one attached hydrogen (secondary N) is 2. The molecule has 3 aromatic heterocycles. The van der Waals surface area contributed by atoms with Gasteiger partial charge in [0.25, 0.3) is 5.91 Å².